The zero-order valence-electron chi connectivity index (χ0n) is 14.7. The van der Waals surface area contributed by atoms with E-state index in [0.29, 0.717) is 28.3 Å². The SMILES string of the molecule is COc1ccc(NC(=O)Nc2ccc3c(c2)C(=O)N(C(C)C)C3=O)cc1. The molecule has 0 fully saturated rings. The average Bonchev–Trinajstić information content (AvgIpc) is 2.86. The van der Waals surface area contributed by atoms with Crippen molar-refractivity contribution >= 4 is 29.2 Å². The van der Waals surface area contributed by atoms with Gasteiger partial charge in [0, 0.05) is 17.4 Å². The molecular weight excluding hydrogens is 334 g/mol. The summed E-state index contributed by atoms with van der Waals surface area (Å²) >= 11 is 0. The zero-order valence-corrected chi connectivity index (χ0v) is 14.7. The van der Waals surface area contributed by atoms with Crippen LogP contribution in [0.25, 0.3) is 0 Å². The quantitative estimate of drug-likeness (QED) is 0.825. The van der Waals surface area contributed by atoms with Gasteiger partial charge >= 0.3 is 6.03 Å². The predicted octanol–water partition coefficient (Wildman–Crippen LogP) is 3.34. The van der Waals surface area contributed by atoms with Gasteiger partial charge in [-0.15, -0.1) is 0 Å². The molecule has 2 N–H and O–H groups in total. The van der Waals surface area contributed by atoms with Crippen LogP contribution < -0.4 is 15.4 Å². The Bertz CT molecular complexity index is 875. The highest BCUT2D eigenvalue weighted by Crippen LogP contribution is 2.27. The molecule has 7 nitrogen and oxygen atoms in total. The number of hydrogen-bond donors (Lipinski definition) is 2. The van der Waals surface area contributed by atoms with Crippen LogP contribution in [-0.4, -0.2) is 35.9 Å². The lowest BCUT2D eigenvalue weighted by molar-refractivity contribution is 0.0609. The molecule has 7 heteroatoms. The highest BCUT2D eigenvalue weighted by Gasteiger charge is 2.37. The van der Waals surface area contributed by atoms with Crippen LogP contribution in [0.5, 0.6) is 5.75 Å². The molecule has 1 aliphatic rings. The third-order valence-electron chi connectivity index (χ3n) is 4.04. The maximum absolute atomic E-state index is 12.4. The van der Waals surface area contributed by atoms with Gasteiger partial charge in [0.05, 0.1) is 18.2 Å². The van der Waals surface area contributed by atoms with Crippen molar-refractivity contribution in [3.05, 3.63) is 53.6 Å². The van der Waals surface area contributed by atoms with E-state index in [1.807, 2.05) is 0 Å². The van der Waals surface area contributed by atoms with Gasteiger partial charge < -0.3 is 15.4 Å². The molecular formula is C19H19N3O4. The summed E-state index contributed by atoms with van der Waals surface area (Å²) in [5, 5.41) is 5.35. The van der Waals surface area contributed by atoms with Crippen molar-refractivity contribution < 1.29 is 19.1 Å². The summed E-state index contributed by atoms with van der Waals surface area (Å²) in [5.74, 6) is 0.0286. The number of carbonyl (C=O) groups is 3. The smallest absolute Gasteiger partial charge is 0.323 e. The zero-order chi connectivity index (χ0) is 18.8. The number of carbonyl (C=O) groups excluding carboxylic acids is 3. The fourth-order valence-electron chi connectivity index (χ4n) is 2.77. The fraction of sp³-hybridized carbons (Fsp3) is 0.211. The van der Waals surface area contributed by atoms with Crippen molar-refractivity contribution in [3.63, 3.8) is 0 Å². The molecule has 0 radical (unpaired) electrons. The van der Waals surface area contributed by atoms with Crippen LogP contribution in [0.1, 0.15) is 34.6 Å². The summed E-state index contributed by atoms with van der Waals surface area (Å²) in [7, 11) is 1.56. The van der Waals surface area contributed by atoms with E-state index in [0.717, 1.165) is 0 Å². The van der Waals surface area contributed by atoms with Crippen LogP contribution in [-0.2, 0) is 0 Å². The van der Waals surface area contributed by atoms with Gasteiger partial charge in [0.1, 0.15) is 5.75 Å². The van der Waals surface area contributed by atoms with E-state index in [-0.39, 0.29) is 17.9 Å². The first-order valence-electron chi connectivity index (χ1n) is 8.14. The van der Waals surface area contributed by atoms with E-state index in [4.69, 9.17) is 4.74 Å². The Balaban J connectivity index is 1.73. The molecule has 0 spiro atoms. The number of imide groups is 1. The molecule has 26 heavy (non-hydrogen) atoms. The highest BCUT2D eigenvalue weighted by atomic mass is 16.5. The van der Waals surface area contributed by atoms with Gasteiger partial charge in [-0.2, -0.15) is 0 Å². The summed E-state index contributed by atoms with van der Waals surface area (Å²) in [5.41, 5.74) is 1.68. The van der Waals surface area contributed by atoms with Crippen LogP contribution in [0, 0.1) is 0 Å². The van der Waals surface area contributed by atoms with Gasteiger partial charge in [0.25, 0.3) is 11.8 Å². The van der Waals surface area contributed by atoms with Crippen LogP contribution in [0.15, 0.2) is 42.5 Å². The maximum atomic E-state index is 12.4. The monoisotopic (exact) mass is 353 g/mol. The standard InChI is InChI=1S/C19H19N3O4/c1-11(2)22-17(23)15-9-6-13(10-16(15)18(22)24)21-19(25)20-12-4-7-14(26-3)8-5-12/h4-11H,1-3H3,(H2,20,21,25). The summed E-state index contributed by atoms with van der Waals surface area (Å²) in [6, 6.07) is 10.9. The number of anilines is 2. The fourth-order valence-corrected chi connectivity index (χ4v) is 2.77. The molecule has 0 bridgehead atoms. The molecule has 2 aromatic carbocycles. The Morgan fingerprint density at radius 1 is 0.923 bits per heavy atom. The second-order valence-electron chi connectivity index (χ2n) is 6.14. The topological polar surface area (TPSA) is 87.7 Å². The number of ether oxygens (including phenoxy) is 1. The van der Waals surface area contributed by atoms with Crippen LogP contribution in [0.2, 0.25) is 0 Å². The van der Waals surface area contributed by atoms with Crippen LogP contribution in [0.3, 0.4) is 0 Å². The molecule has 0 unspecified atom stereocenters. The second kappa shape index (κ2) is 6.87. The Labute approximate surface area is 150 Å². The van der Waals surface area contributed by atoms with Gasteiger partial charge in [-0.05, 0) is 56.3 Å². The minimum atomic E-state index is -0.451. The van der Waals surface area contributed by atoms with Crippen molar-refractivity contribution in [2.75, 3.05) is 17.7 Å². The molecule has 0 saturated heterocycles. The molecule has 1 aliphatic heterocycles. The first-order valence-corrected chi connectivity index (χ1v) is 8.14. The molecule has 2 aromatic rings. The van der Waals surface area contributed by atoms with Gasteiger partial charge in [-0.1, -0.05) is 0 Å². The van der Waals surface area contributed by atoms with E-state index < -0.39 is 6.03 Å². The van der Waals surface area contributed by atoms with Crippen molar-refractivity contribution in [3.8, 4) is 5.75 Å². The Morgan fingerprint density at radius 3 is 2.12 bits per heavy atom. The second-order valence-corrected chi connectivity index (χ2v) is 6.14. The highest BCUT2D eigenvalue weighted by molar-refractivity contribution is 6.22. The number of methoxy groups -OCH3 is 1. The molecule has 4 amide bonds. The third kappa shape index (κ3) is 3.23. The predicted molar refractivity (Wildman–Crippen MR) is 97.7 cm³/mol. The number of benzene rings is 2. The molecule has 1 heterocycles. The lowest BCUT2D eigenvalue weighted by Gasteiger charge is -2.17. The van der Waals surface area contributed by atoms with Crippen molar-refractivity contribution in [2.24, 2.45) is 0 Å². The van der Waals surface area contributed by atoms with Crippen molar-refractivity contribution in [1.82, 2.24) is 4.90 Å². The van der Waals surface area contributed by atoms with Crippen molar-refractivity contribution in [1.29, 1.82) is 0 Å². The number of rotatable bonds is 4. The number of nitrogens with one attached hydrogen (secondary N) is 2. The Morgan fingerprint density at radius 2 is 1.50 bits per heavy atom. The van der Waals surface area contributed by atoms with Gasteiger partial charge in [-0.3, -0.25) is 14.5 Å². The molecule has 0 atom stereocenters. The van der Waals surface area contributed by atoms with E-state index in [9.17, 15) is 14.4 Å². The Hall–Kier alpha value is -3.35. The van der Waals surface area contributed by atoms with E-state index in [2.05, 4.69) is 10.6 Å². The summed E-state index contributed by atoms with van der Waals surface area (Å²) in [6.07, 6.45) is 0. The number of nitrogens with zero attached hydrogens (tertiary/aromatic N) is 1. The lowest BCUT2D eigenvalue weighted by atomic mass is 10.1. The van der Waals surface area contributed by atoms with Gasteiger partial charge in [-0.25, -0.2) is 4.79 Å². The molecule has 134 valence electrons. The van der Waals surface area contributed by atoms with Gasteiger partial charge in [0.15, 0.2) is 0 Å². The number of fused-ring (bicyclic) bond motifs is 1. The molecule has 0 saturated carbocycles. The van der Waals surface area contributed by atoms with Crippen LogP contribution >= 0.6 is 0 Å². The largest absolute Gasteiger partial charge is 0.497 e. The number of amides is 4. The van der Waals surface area contributed by atoms with E-state index in [1.54, 1.807) is 57.4 Å². The Kier molecular flexibility index (Phi) is 4.62. The first-order chi connectivity index (χ1) is 12.4. The summed E-state index contributed by atoms with van der Waals surface area (Å²) in [4.78, 5) is 38.0. The molecule has 0 aromatic heterocycles. The normalized spacial score (nSPS) is 13.0. The van der Waals surface area contributed by atoms with E-state index in [1.165, 1.54) is 11.0 Å². The minimum Gasteiger partial charge on any atom is -0.497 e. The van der Waals surface area contributed by atoms with Crippen LogP contribution in [0.4, 0.5) is 16.2 Å². The van der Waals surface area contributed by atoms with E-state index >= 15 is 0 Å². The maximum Gasteiger partial charge on any atom is 0.323 e. The minimum absolute atomic E-state index is 0.225. The average molecular weight is 353 g/mol. The first kappa shape index (κ1) is 17.5. The number of hydrogen-bond acceptors (Lipinski definition) is 4. The summed E-state index contributed by atoms with van der Waals surface area (Å²) in [6.45, 7) is 3.56. The van der Waals surface area contributed by atoms with Gasteiger partial charge in [0.2, 0.25) is 0 Å². The lowest BCUT2D eigenvalue weighted by Crippen LogP contribution is -2.35. The number of urea groups is 1. The van der Waals surface area contributed by atoms with Crippen molar-refractivity contribution in [2.45, 2.75) is 19.9 Å². The molecule has 3 rings (SSSR count). The molecule has 0 aliphatic carbocycles. The third-order valence-corrected chi connectivity index (χ3v) is 4.04. The summed E-state index contributed by atoms with van der Waals surface area (Å²) < 4.78 is 5.06.